The molecule has 0 amide bonds. The summed E-state index contributed by atoms with van der Waals surface area (Å²) in [6.45, 7) is 0. The molecule has 1 aromatic heterocycles. The molecule has 3 nitrogen and oxygen atoms in total. The Balaban J connectivity index is 2.61. The minimum Gasteiger partial charge on any atom is -0.606 e. The first-order chi connectivity index (χ1) is 10.1. The summed E-state index contributed by atoms with van der Waals surface area (Å²) >= 11 is 17.2. The number of nitriles is 1. The van der Waals surface area contributed by atoms with E-state index in [4.69, 9.17) is 40.1 Å². The van der Waals surface area contributed by atoms with Gasteiger partial charge in [-0.2, -0.15) is 5.26 Å². The van der Waals surface area contributed by atoms with Crippen molar-refractivity contribution >= 4 is 61.9 Å². The molecule has 2 rings (SSSR count). The number of hydrogen-bond acceptors (Lipinski definition) is 2. The molecular weight excluding hydrogens is 444 g/mol. The summed E-state index contributed by atoms with van der Waals surface area (Å²) in [5.41, 5.74) is 0.0536. The Bertz CT molecular complexity index is 750. The second kappa shape index (κ2) is 6.56. The lowest BCUT2D eigenvalue weighted by molar-refractivity contribution is 0.187. The van der Waals surface area contributed by atoms with Crippen LogP contribution in [0.2, 0.25) is 10.0 Å². The average Bonchev–Trinajstić information content (AvgIpc) is 2.79. The van der Waals surface area contributed by atoms with Gasteiger partial charge in [0.15, 0.2) is 4.90 Å². The number of benzene rings is 1. The van der Waals surface area contributed by atoms with Gasteiger partial charge in [0.25, 0.3) is 0 Å². The number of hydrogen-bond donors (Lipinski definition) is 0. The summed E-state index contributed by atoms with van der Waals surface area (Å²) in [6, 6.07) is 4.77. The minimum absolute atomic E-state index is 0.214. The van der Waals surface area contributed by atoms with Gasteiger partial charge in [-0.15, -0.1) is 8.78 Å². The van der Waals surface area contributed by atoms with Crippen molar-refractivity contribution in [3.8, 4) is 11.8 Å². The maximum Gasteiger partial charge on any atom is 0.497 e. The van der Waals surface area contributed by atoms with Crippen molar-refractivity contribution in [3.63, 3.8) is 0 Å². The van der Waals surface area contributed by atoms with Crippen LogP contribution in [-0.2, 0) is 11.2 Å². The van der Waals surface area contributed by atoms with Crippen LogP contribution in [0.25, 0.3) is 5.69 Å². The van der Waals surface area contributed by atoms with E-state index in [9.17, 15) is 13.3 Å². The third-order valence-corrected chi connectivity index (χ3v) is 5.16. The highest BCUT2D eigenvalue weighted by Crippen LogP contribution is 2.37. The van der Waals surface area contributed by atoms with Gasteiger partial charge in [-0.05, 0) is 12.1 Å². The van der Waals surface area contributed by atoms with E-state index in [1.807, 2.05) is 0 Å². The Morgan fingerprint density at radius 3 is 2.27 bits per heavy atom. The van der Waals surface area contributed by atoms with E-state index in [0.29, 0.717) is 4.47 Å². The average molecular weight is 449 g/mol. The summed E-state index contributed by atoms with van der Waals surface area (Å²) in [6.07, 6.45) is 2.29. The summed E-state index contributed by atoms with van der Waals surface area (Å²) in [5.74, 6) is 0. The largest absolute Gasteiger partial charge is 0.606 e. The van der Waals surface area contributed by atoms with E-state index in [1.54, 1.807) is 18.2 Å². The molecule has 2 aromatic rings. The fraction of sp³-hybridized carbons (Fsp3) is 0.0833. The summed E-state index contributed by atoms with van der Waals surface area (Å²) in [4.78, 5) is -0.405. The number of alkyl halides is 3. The van der Waals surface area contributed by atoms with Crippen LogP contribution in [0.3, 0.4) is 0 Å². The Hall–Kier alpha value is -0.490. The molecule has 10 heteroatoms. The van der Waals surface area contributed by atoms with Gasteiger partial charge in [0, 0.05) is 22.3 Å². The van der Waals surface area contributed by atoms with E-state index in [0.717, 1.165) is 6.20 Å². The molecule has 0 spiro atoms. The Morgan fingerprint density at radius 2 is 1.82 bits per heavy atom. The number of aromatic nitrogens is 1. The van der Waals surface area contributed by atoms with Crippen molar-refractivity contribution in [1.82, 2.24) is 4.57 Å². The fourth-order valence-corrected chi connectivity index (χ4v) is 4.11. The van der Waals surface area contributed by atoms with Gasteiger partial charge in [-0.25, -0.2) is 0 Å². The third-order valence-electron chi connectivity index (χ3n) is 2.56. The minimum atomic E-state index is -3.99. The fourth-order valence-electron chi connectivity index (χ4n) is 1.70. The van der Waals surface area contributed by atoms with Crippen LogP contribution < -0.4 is 0 Å². The quantitative estimate of drug-likeness (QED) is 0.472. The molecule has 0 aliphatic rings. The number of nitrogens with zero attached hydrogens (tertiary/aromatic N) is 2. The zero-order valence-electron chi connectivity index (χ0n) is 10.3. The van der Waals surface area contributed by atoms with Gasteiger partial charge < -0.3 is 9.12 Å². The van der Waals surface area contributed by atoms with Gasteiger partial charge >= 0.3 is 4.71 Å². The highest BCUT2D eigenvalue weighted by atomic mass is 79.9. The van der Waals surface area contributed by atoms with Gasteiger partial charge in [-0.1, -0.05) is 39.1 Å². The van der Waals surface area contributed by atoms with E-state index < -0.39 is 20.8 Å². The molecule has 0 fully saturated rings. The van der Waals surface area contributed by atoms with Gasteiger partial charge in [0.2, 0.25) is 0 Å². The number of rotatable bonds is 3. The van der Waals surface area contributed by atoms with E-state index >= 15 is 0 Å². The summed E-state index contributed by atoms with van der Waals surface area (Å²) < 4.78 is 35.6. The molecule has 116 valence electrons. The molecule has 0 radical (unpaired) electrons. The Kier molecular flexibility index (Phi) is 5.32. The van der Waals surface area contributed by atoms with Crippen molar-refractivity contribution in [2.45, 2.75) is 9.61 Å². The SMILES string of the molecule is N#Cc1cn(-c2c(Cl)cc(Br)cc2Cl)cc1[S+]([O-])C(F)(F)Cl. The van der Waals surface area contributed by atoms with Crippen LogP contribution >= 0.6 is 50.7 Å². The topological polar surface area (TPSA) is 51.8 Å². The van der Waals surface area contributed by atoms with Crippen LogP contribution in [0.5, 0.6) is 0 Å². The summed E-state index contributed by atoms with van der Waals surface area (Å²) in [5, 5.41) is 9.45. The first kappa shape index (κ1) is 17.9. The van der Waals surface area contributed by atoms with Crippen LogP contribution in [0.1, 0.15) is 5.56 Å². The molecule has 0 saturated carbocycles. The maximum absolute atomic E-state index is 13.0. The lowest BCUT2D eigenvalue weighted by Gasteiger charge is -2.12. The van der Waals surface area contributed by atoms with Crippen molar-refractivity contribution < 1.29 is 13.3 Å². The molecule has 0 N–H and O–H groups in total. The van der Waals surface area contributed by atoms with Gasteiger partial charge in [-0.3, -0.25) is 0 Å². The molecule has 1 unspecified atom stereocenters. The molecule has 0 bridgehead atoms. The van der Waals surface area contributed by atoms with Crippen molar-refractivity contribution in [2.75, 3.05) is 0 Å². The normalized spacial score (nSPS) is 13.0. The predicted molar refractivity (Wildman–Crippen MR) is 85.4 cm³/mol. The molecule has 22 heavy (non-hydrogen) atoms. The monoisotopic (exact) mass is 446 g/mol. The maximum atomic E-state index is 13.0. The molecule has 1 atom stereocenters. The van der Waals surface area contributed by atoms with Crippen LogP contribution in [-0.4, -0.2) is 13.8 Å². The standard InChI is InChI=1S/C12H4BrCl3F2N2OS/c13-7-1-8(14)11(9(15)2-7)20-4-6(3-19)10(5-20)22(21)12(16,17)18/h1-2,4-5H. The van der Waals surface area contributed by atoms with E-state index in [1.165, 1.54) is 10.8 Å². The predicted octanol–water partition coefficient (Wildman–Crippen LogP) is 5.31. The zero-order chi connectivity index (χ0) is 16.7. The highest BCUT2D eigenvalue weighted by Gasteiger charge is 2.45. The molecule has 0 aliphatic heterocycles. The number of halogens is 6. The lowest BCUT2D eigenvalue weighted by Crippen LogP contribution is -2.22. The summed E-state index contributed by atoms with van der Waals surface area (Å²) in [7, 11) is 0. The second-order valence-electron chi connectivity index (χ2n) is 3.99. The molecule has 1 heterocycles. The first-order valence-electron chi connectivity index (χ1n) is 5.40. The zero-order valence-corrected chi connectivity index (χ0v) is 15.0. The molecular formula is C12H4BrCl3F2N2OS. The van der Waals surface area contributed by atoms with Crippen molar-refractivity contribution in [1.29, 1.82) is 5.26 Å². The van der Waals surface area contributed by atoms with Crippen molar-refractivity contribution in [3.05, 3.63) is 44.6 Å². The lowest BCUT2D eigenvalue weighted by atomic mass is 10.3. The first-order valence-corrected chi connectivity index (χ1v) is 8.48. The van der Waals surface area contributed by atoms with Crippen LogP contribution in [0.4, 0.5) is 8.78 Å². The third kappa shape index (κ3) is 3.53. The molecule has 0 aliphatic carbocycles. The smallest absolute Gasteiger partial charge is 0.497 e. The molecule has 0 saturated heterocycles. The van der Waals surface area contributed by atoms with E-state index in [2.05, 4.69) is 15.9 Å². The van der Waals surface area contributed by atoms with E-state index in [-0.39, 0.29) is 21.3 Å². The van der Waals surface area contributed by atoms with Crippen molar-refractivity contribution in [2.24, 2.45) is 0 Å². The van der Waals surface area contributed by atoms with Gasteiger partial charge in [0.05, 0.1) is 33.1 Å². The Morgan fingerprint density at radius 1 is 1.27 bits per heavy atom. The van der Waals surface area contributed by atoms with Crippen LogP contribution in [0, 0.1) is 11.3 Å². The second-order valence-corrected chi connectivity index (χ2v) is 7.91. The van der Waals surface area contributed by atoms with Crippen LogP contribution in [0.15, 0.2) is 33.9 Å². The van der Waals surface area contributed by atoms with Gasteiger partial charge in [0.1, 0.15) is 11.6 Å². The molecule has 1 aromatic carbocycles. The Labute approximate surface area is 150 Å². The highest BCUT2D eigenvalue weighted by molar-refractivity contribution is 9.10.